The number of carbonyl (C=O) groups excluding carboxylic acids is 1. The molecule has 2 heterocycles. The lowest BCUT2D eigenvalue weighted by atomic mass is 10.2. The van der Waals surface area contributed by atoms with Gasteiger partial charge in [0, 0.05) is 32.6 Å². The topological polar surface area (TPSA) is 89.6 Å². The Bertz CT molecular complexity index is 728. The van der Waals surface area contributed by atoms with E-state index in [1.165, 1.54) is 0 Å². The van der Waals surface area contributed by atoms with Gasteiger partial charge in [0.2, 0.25) is 0 Å². The highest BCUT2D eigenvalue weighted by molar-refractivity contribution is 14.0. The Hall–Kier alpha value is -1.91. The average molecular weight is 518 g/mol. The summed E-state index contributed by atoms with van der Waals surface area (Å²) in [5.41, 5.74) is 6.69. The number of fused-ring (bicyclic) bond motifs is 1. The van der Waals surface area contributed by atoms with Gasteiger partial charge >= 0.3 is 6.09 Å². The van der Waals surface area contributed by atoms with Gasteiger partial charge in [-0.25, -0.2) is 9.79 Å². The zero-order valence-corrected chi connectivity index (χ0v) is 19.7. The molecule has 2 aliphatic rings. The first-order valence-electron chi connectivity index (χ1n) is 9.73. The molecule has 1 aromatic rings. The number of rotatable bonds is 2. The van der Waals surface area contributed by atoms with Crippen molar-refractivity contribution in [3.8, 4) is 11.5 Å². The molecule has 1 fully saturated rings. The number of benzene rings is 1. The second kappa shape index (κ2) is 10.2. The second-order valence-electron chi connectivity index (χ2n) is 7.96. The fraction of sp³-hybridized carbons (Fsp3) is 0.600. The molecule has 29 heavy (non-hydrogen) atoms. The van der Waals surface area contributed by atoms with Crippen LogP contribution in [0.5, 0.6) is 11.5 Å². The second-order valence-corrected chi connectivity index (χ2v) is 7.96. The van der Waals surface area contributed by atoms with Crippen LogP contribution in [0.15, 0.2) is 23.2 Å². The van der Waals surface area contributed by atoms with Crippen molar-refractivity contribution in [3.05, 3.63) is 23.8 Å². The molecule has 2 aliphatic heterocycles. The first kappa shape index (κ1) is 23.4. The van der Waals surface area contributed by atoms with Crippen molar-refractivity contribution in [3.63, 3.8) is 0 Å². The number of nitrogens with zero attached hydrogens (tertiary/aromatic N) is 3. The van der Waals surface area contributed by atoms with Crippen molar-refractivity contribution >= 4 is 36.0 Å². The number of hydrogen-bond acceptors (Lipinski definition) is 5. The van der Waals surface area contributed by atoms with Gasteiger partial charge in [0.15, 0.2) is 17.5 Å². The van der Waals surface area contributed by atoms with Crippen LogP contribution in [0.25, 0.3) is 0 Å². The van der Waals surface area contributed by atoms with Crippen LogP contribution in [0.4, 0.5) is 4.79 Å². The Morgan fingerprint density at radius 1 is 1.10 bits per heavy atom. The van der Waals surface area contributed by atoms with Crippen molar-refractivity contribution in [2.75, 3.05) is 39.4 Å². The third kappa shape index (κ3) is 6.83. The lowest BCUT2D eigenvalue weighted by molar-refractivity contribution is 0.0186. The molecule has 162 valence electrons. The Morgan fingerprint density at radius 2 is 1.72 bits per heavy atom. The molecule has 0 atom stereocenters. The Balaban J connectivity index is 0.00000300. The Kier molecular flexibility index (Phi) is 8.23. The van der Waals surface area contributed by atoms with Gasteiger partial charge in [-0.15, -0.1) is 24.0 Å². The summed E-state index contributed by atoms with van der Waals surface area (Å²) in [4.78, 5) is 20.4. The van der Waals surface area contributed by atoms with Gasteiger partial charge in [-0.1, -0.05) is 6.07 Å². The summed E-state index contributed by atoms with van der Waals surface area (Å²) >= 11 is 0. The average Bonchev–Trinajstić information content (AvgIpc) is 2.89. The van der Waals surface area contributed by atoms with E-state index in [1.807, 2.05) is 43.9 Å². The van der Waals surface area contributed by atoms with Crippen molar-refractivity contribution in [1.82, 2.24) is 9.80 Å². The summed E-state index contributed by atoms with van der Waals surface area (Å²) in [7, 11) is 0. The predicted molar refractivity (Wildman–Crippen MR) is 122 cm³/mol. The molecule has 0 spiro atoms. The van der Waals surface area contributed by atoms with E-state index in [0.717, 1.165) is 23.5 Å². The number of aliphatic imine (C=N–C) groups is 1. The summed E-state index contributed by atoms with van der Waals surface area (Å²) in [5.74, 6) is 2.02. The number of ether oxygens (including phenoxy) is 3. The smallest absolute Gasteiger partial charge is 0.410 e. The lowest BCUT2D eigenvalue weighted by Gasteiger charge is -2.36. The molecular weight excluding hydrogens is 487 g/mol. The highest BCUT2D eigenvalue weighted by Crippen LogP contribution is 2.30. The van der Waals surface area contributed by atoms with Gasteiger partial charge in [0.1, 0.15) is 5.60 Å². The molecule has 0 saturated carbocycles. The molecule has 1 saturated heterocycles. The zero-order valence-electron chi connectivity index (χ0n) is 17.3. The van der Waals surface area contributed by atoms with Crippen LogP contribution in [0, 0.1) is 0 Å². The fourth-order valence-electron chi connectivity index (χ4n) is 3.02. The molecule has 0 aliphatic carbocycles. The standard InChI is InChI=1S/C20H30N4O4.HI/c1-20(2,3)28-19(25)24-9-7-23(8-10-24)18(21)22-14-15-5-6-16-17(13-15)27-12-4-11-26-16;/h5-6,13H,4,7-12,14H2,1-3H3,(H2,21,22);1H. The van der Waals surface area contributed by atoms with Crippen LogP contribution in [0.2, 0.25) is 0 Å². The maximum Gasteiger partial charge on any atom is 0.410 e. The minimum atomic E-state index is -0.489. The maximum atomic E-state index is 12.1. The molecule has 8 nitrogen and oxygen atoms in total. The Labute approximate surface area is 189 Å². The lowest BCUT2D eigenvalue weighted by Crippen LogP contribution is -2.53. The number of hydrogen-bond donors (Lipinski definition) is 1. The van der Waals surface area contributed by atoms with Gasteiger partial charge in [-0.3, -0.25) is 0 Å². The number of halogens is 1. The SMILES string of the molecule is CC(C)(C)OC(=O)N1CCN(C(N)=NCc2ccc3c(c2)OCCCO3)CC1.I. The summed E-state index contributed by atoms with van der Waals surface area (Å²) in [6, 6.07) is 5.85. The number of guanidine groups is 1. The molecule has 1 amide bonds. The normalized spacial score (nSPS) is 17.3. The maximum absolute atomic E-state index is 12.1. The van der Waals surface area contributed by atoms with Crippen LogP contribution in [-0.2, 0) is 11.3 Å². The van der Waals surface area contributed by atoms with E-state index in [9.17, 15) is 4.79 Å². The van der Waals surface area contributed by atoms with E-state index in [-0.39, 0.29) is 30.1 Å². The molecule has 0 unspecified atom stereocenters. The van der Waals surface area contributed by atoms with Crippen LogP contribution < -0.4 is 15.2 Å². The molecule has 3 rings (SSSR count). The summed E-state index contributed by atoms with van der Waals surface area (Å²) < 4.78 is 16.8. The first-order valence-corrected chi connectivity index (χ1v) is 9.73. The molecule has 2 N–H and O–H groups in total. The van der Waals surface area contributed by atoms with Crippen molar-refractivity contribution in [2.45, 2.75) is 39.3 Å². The van der Waals surface area contributed by atoms with Crippen LogP contribution in [0.1, 0.15) is 32.8 Å². The van der Waals surface area contributed by atoms with Gasteiger partial charge in [0.05, 0.1) is 19.8 Å². The van der Waals surface area contributed by atoms with Crippen molar-refractivity contribution < 1.29 is 19.0 Å². The third-order valence-electron chi connectivity index (χ3n) is 4.49. The molecule has 9 heteroatoms. The first-order chi connectivity index (χ1) is 13.3. The van der Waals surface area contributed by atoms with E-state index < -0.39 is 5.60 Å². The van der Waals surface area contributed by atoms with E-state index in [2.05, 4.69) is 4.99 Å². The van der Waals surface area contributed by atoms with Crippen molar-refractivity contribution in [1.29, 1.82) is 0 Å². The van der Waals surface area contributed by atoms with Crippen LogP contribution in [-0.4, -0.2) is 66.8 Å². The predicted octanol–water partition coefficient (Wildman–Crippen LogP) is 2.83. The number of amides is 1. The zero-order chi connectivity index (χ0) is 20.1. The third-order valence-corrected chi connectivity index (χ3v) is 4.49. The number of piperazine rings is 1. The molecule has 0 radical (unpaired) electrons. The molecule has 0 bridgehead atoms. The summed E-state index contributed by atoms with van der Waals surface area (Å²) in [5, 5.41) is 0. The van der Waals surface area contributed by atoms with E-state index in [4.69, 9.17) is 19.9 Å². The molecule has 1 aromatic carbocycles. The number of carbonyl (C=O) groups is 1. The molecule has 0 aromatic heterocycles. The van der Waals surface area contributed by atoms with Gasteiger partial charge in [0.25, 0.3) is 0 Å². The minimum absolute atomic E-state index is 0. The van der Waals surface area contributed by atoms with E-state index in [0.29, 0.717) is 51.9 Å². The summed E-state index contributed by atoms with van der Waals surface area (Å²) in [6.45, 7) is 9.79. The highest BCUT2D eigenvalue weighted by Gasteiger charge is 2.26. The minimum Gasteiger partial charge on any atom is -0.490 e. The fourth-order valence-corrected chi connectivity index (χ4v) is 3.02. The quantitative estimate of drug-likeness (QED) is 0.368. The highest BCUT2D eigenvalue weighted by atomic mass is 127. The Morgan fingerprint density at radius 3 is 2.38 bits per heavy atom. The van der Waals surface area contributed by atoms with Gasteiger partial charge in [-0.2, -0.15) is 0 Å². The van der Waals surface area contributed by atoms with Crippen LogP contribution >= 0.6 is 24.0 Å². The monoisotopic (exact) mass is 518 g/mol. The van der Waals surface area contributed by atoms with Crippen molar-refractivity contribution in [2.24, 2.45) is 10.7 Å². The summed E-state index contributed by atoms with van der Waals surface area (Å²) in [6.07, 6.45) is 0.597. The van der Waals surface area contributed by atoms with E-state index >= 15 is 0 Å². The van der Waals surface area contributed by atoms with E-state index in [1.54, 1.807) is 4.90 Å². The largest absolute Gasteiger partial charge is 0.490 e. The number of nitrogens with two attached hydrogens (primary N) is 1. The van der Waals surface area contributed by atoms with Gasteiger partial charge < -0.3 is 29.7 Å². The van der Waals surface area contributed by atoms with Crippen LogP contribution in [0.3, 0.4) is 0 Å². The molecular formula is C20H31IN4O4. The van der Waals surface area contributed by atoms with Gasteiger partial charge in [-0.05, 0) is 38.5 Å².